The highest BCUT2D eigenvalue weighted by molar-refractivity contribution is 9.10. The van der Waals surface area contributed by atoms with Gasteiger partial charge in [0.15, 0.2) is 0 Å². The maximum atomic E-state index is 13.3. The Morgan fingerprint density at radius 1 is 1.07 bits per heavy atom. The van der Waals surface area contributed by atoms with Gasteiger partial charge >= 0.3 is 0 Å². The molecule has 0 fully saturated rings. The molecule has 5 nitrogen and oxygen atoms in total. The third-order valence-corrected chi connectivity index (χ3v) is 4.91. The predicted molar refractivity (Wildman–Crippen MR) is 119 cm³/mol. The normalized spacial score (nSPS) is 10.8. The second-order valence-corrected chi connectivity index (χ2v) is 7.56. The summed E-state index contributed by atoms with van der Waals surface area (Å²) in [5.74, 6) is -1.15. The second-order valence-electron chi connectivity index (χ2n) is 6.27. The van der Waals surface area contributed by atoms with E-state index in [9.17, 15) is 14.0 Å². The van der Waals surface area contributed by atoms with E-state index in [1.54, 1.807) is 48.5 Å². The van der Waals surface area contributed by atoms with E-state index >= 15 is 0 Å². The van der Waals surface area contributed by atoms with Crippen molar-refractivity contribution >= 4 is 51.2 Å². The van der Waals surface area contributed by atoms with Crippen LogP contribution in [0.2, 0.25) is 5.02 Å². The highest BCUT2D eigenvalue weighted by atomic mass is 79.9. The summed E-state index contributed by atoms with van der Waals surface area (Å²) < 4.78 is 13.6. The molecule has 0 radical (unpaired) electrons. The summed E-state index contributed by atoms with van der Waals surface area (Å²) in [6.07, 6.45) is 1.54. The number of amides is 2. The lowest BCUT2D eigenvalue weighted by molar-refractivity contribution is -0.115. The van der Waals surface area contributed by atoms with E-state index < -0.39 is 5.91 Å². The molecule has 0 aromatic heterocycles. The van der Waals surface area contributed by atoms with Crippen LogP contribution in [-0.4, -0.2) is 18.0 Å². The molecule has 0 aliphatic heterocycles. The second kappa shape index (κ2) is 10.1. The van der Waals surface area contributed by atoms with E-state index in [-0.39, 0.29) is 23.7 Å². The van der Waals surface area contributed by atoms with Gasteiger partial charge in [0.05, 0.1) is 28.4 Å². The van der Waals surface area contributed by atoms with Gasteiger partial charge in [0.25, 0.3) is 5.91 Å². The molecule has 0 aliphatic rings. The zero-order valence-corrected chi connectivity index (χ0v) is 17.9. The minimum absolute atomic E-state index is 0.144. The Balaban J connectivity index is 1.65. The Labute approximate surface area is 186 Å². The van der Waals surface area contributed by atoms with Crippen molar-refractivity contribution in [3.63, 3.8) is 0 Å². The van der Waals surface area contributed by atoms with Crippen molar-refractivity contribution in [2.24, 2.45) is 5.10 Å². The summed E-state index contributed by atoms with van der Waals surface area (Å²) in [7, 11) is 0. The van der Waals surface area contributed by atoms with Crippen LogP contribution in [-0.2, 0) is 11.2 Å². The fourth-order valence-corrected chi connectivity index (χ4v) is 3.11. The number of rotatable bonds is 6. The largest absolute Gasteiger partial charge is 0.325 e. The molecule has 0 bridgehead atoms. The quantitative estimate of drug-likeness (QED) is 0.370. The summed E-state index contributed by atoms with van der Waals surface area (Å²) in [6.45, 7) is 0. The average molecular weight is 489 g/mol. The van der Waals surface area contributed by atoms with Gasteiger partial charge in [0.2, 0.25) is 5.91 Å². The van der Waals surface area contributed by atoms with Crippen molar-refractivity contribution in [1.29, 1.82) is 0 Å². The molecule has 0 heterocycles. The number of hydrogen-bond acceptors (Lipinski definition) is 3. The van der Waals surface area contributed by atoms with Gasteiger partial charge in [0, 0.05) is 5.02 Å². The van der Waals surface area contributed by atoms with Crippen molar-refractivity contribution < 1.29 is 14.0 Å². The lowest BCUT2D eigenvalue weighted by atomic mass is 10.1. The molecule has 0 aliphatic carbocycles. The number of nitrogens with zero attached hydrogens (tertiary/aromatic N) is 1. The fourth-order valence-electron chi connectivity index (χ4n) is 2.59. The maximum Gasteiger partial charge on any atom is 0.273 e. The molecule has 2 amide bonds. The first-order chi connectivity index (χ1) is 14.4. The molecule has 8 heteroatoms. The average Bonchev–Trinajstić information content (AvgIpc) is 2.72. The van der Waals surface area contributed by atoms with Crippen molar-refractivity contribution in [3.05, 3.63) is 98.7 Å². The first-order valence-electron chi connectivity index (χ1n) is 8.84. The van der Waals surface area contributed by atoms with E-state index in [4.69, 9.17) is 11.6 Å². The number of halogens is 3. The smallest absolute Gasteiger partial charge is 0.273 e. The standard InChI is InChI=1S/C22H16BrClFN3O2/c23-18-11-15(7-10-19(18)25)13-26-28-22(30)17-3-1-2-4-20(17)27-21(29)12-14-5-8-16(24)9-6-14/h1-11,13H,12H2,(H,27,29)(H,28,30). The van der Waals surface area contributed by atoms with Gasteiger partial charge in [-0.1, -0.05) is 41.9 Å². The monoisotopic (exact) mass is 487 g/mol. The van der Waals surface area contributed by atoms with Gasteiger partial charge in [-0.05, 0) is 63.5 Å². The van der Waals surface area contributed by atoms with E-state index in [0.717, 1.165) is 5.56 Å². The zero-order chi connectivity index (χ0) is 21.5. The number of anilines is 1. The topological polar surface area (TPSA) is 70.6 Å². The molecule has 0 saturated heterocycles. The van der Waals surface area contributed by atoms with Crippen LogP contribution in [0.25, 0.3) is 0 Å². The molecule has 3 aromatic carbocycles. The summed E-state index contributed by atoms with van der Waals surface area (Å²) in [6, 6.07) is 17.9. The van der Waals surface area contributed by atoms with Gasteiger partial charge < -0.3 is 5.32 Å². The molecule has 0 spiro atoms. The maximum absolute atomic E-state index is 13.3. The lowest BCUT2D eigenvalue weighted by Gasteiger charge is -2.10. The third-order valence-electron chi connectivity index (χ3n) is 4.05. The Kier molecular flexibility index (Phi) is 7.32. The van der Waals surface area contributed by atoms with E-state index in [0.29, 0.717) is 20.7 Å². The Morgan fingerprint density at radius 3 is 2.53 bits per heavy atom. The lowest BCUT2D eigenvalue weighted by Crippen LogP contribution is -2.22. The number of para-hydroxylation sites is 1. The number of hydrazone groups is 1. The molecular formula is C22H16BrClFN3O2. The first-order valence-corrected chi connectivity index (χ1v) is 10.0. The molecule has 0 saturated carbocycles. The number of hydrogen-bond donors (Lipinski definition) is 2. The highest BCUT2D eigenvalue weighted by Crippen LogP contribution is 2.17. The Bertz CT molecular complexity index is 1100. The van der Waals surface area contributed by atoms with Crippen LogP contribution in [0.15, 0.2) is 76.3 Å². The zero-order valence-electron chi connectivity index (χ0n) is 15.5. The molecule has 2 N–H and O–H groups in total. The summed E-state index contributed by atoms with van der Waals surface area (Å²) in [4.78, 5) is 24.9. The van der Waals surface area contributed by atoms with Gasteiger partial charge in [-0.25, -0.2) is 9.82 Å². The van der Waals surface area contributed by atoms with Crippen LogP contribution in [0, 0.1) is 5.82 Å². The molecular weight excluding hydrogens is 473 g/mol. The molecule has 0 unspecified atom stereocenters. The summed E-state index contributed by atoms with van der Waals surface area (Å²) in [5.41, 5.74) is 4.44. The Hall–Kier alpha value is -3.03. The number of carbonyl (C=O) groups is 2. The minimum Gasteiger partial charge on any atom is -0.325 e. The SMILES string of the molecule is O=C(Cc1ccc(Cl)cc1)Nc1ccccc1C(=O)NN=Cc1ccc(F)c(Br)c1. The summed E-state index contributed by atoms with van der Waals surface area (Å²) >= 11 is 8.95. The molecule has 3 rings (SSSR count). The van der Waals surface area contributed by atoms with Gasteiger partial charge in [-0.3, -0.25) is 9.59 Å². The molecule has 0 atom stereocenters. The van der Waals surface area contributed by atoms with Crippen molar-refractivity contribution in [3.8, 4) is 0 Å². The van der Waals surface area contributed by atoms with Crippen molar-refractivity contribution in [2.75, 3.05) is 5.32 Å². The fraction of sp³-hybridized carbons (Fsp3) is 0.0455. The number of carbonyl (C=O) groups excluding carboxylic acids is 2. The predicted octanol–water partition coefficient (Wildman–Crippen LogP) is 5.19. The van der Waals surface area contributed by atoms with E-state index in [1.807, 2.05) is 0 Å². The summed E-state index contributed by atoms with van der Waals surface area (Å²) in [5, 5.41) is 7.23. The molecule has 152 valence electrons. The van der Waals surface area contributed by atoms with Crippen LogP contribution in [0.5, 0.6) is 0 Å². The van der Waals surface area contributed by atoms with Crippen molar-refractivity contribution in [1.82, 2.24) is 5.43 Å². The van der Waals surface area contributed by atoms with Crippen LogP contribution in [0.1, 0.15) is 21.5 Å². The van der Waals surface area contributed by atoms with Crippen molar-refractivity contribution in [2.45, 2.75) is 6.42 Å². The highest BCUT2D eigenvalue weighted by Gasteiger charge is 2.13. The van der Waals surface area contributed by atoms with Gasteiger partial charge in [-0.2, -0.15) is 5.10 Å². The van der Waals surface area contributed by atoms with E-state index in [2.05, 4.69) is 31.8 Å². The van der Waals surface area contributed by atoms with Gasteiger partial charge in [-0.15, -0.1) is 0 Å². The molecule has 3 aromatic rings. The van der Waals surface area contributed by atoms with Crippen LogP contribution in [0.4, 0.5) is 10.1 Å². The van der Waals surface area contributed by atoms with Crippen LogP contribution >= 0.6 is 27.5 Å². The van der Waals surface area contributed by atoms with E-state index in [1.165, 1.54) is 24.4 Å². The Morgan fingerprint density at radius 2 is 1.80 bits per heavy atom. The first kappa shape index (κ1) is 21.7. The minimum atomic E-state index is -0.491. The van der Waals surface area contributed by atoms with Crippen LogP contribution in [0.3, 0.4) is 0 Å². The van der Waals surface area contributed by atoms with Gasteiger partial charge in [0.1, 0.15) is 5.82 Å². The van der Waals surface area contributed by atoms with Crippen LogP contribution < -0.4 is 10.7 Å². The third kappa shape index (κ3) is 5.98. The number of nitrogens with one attached hydrogen (secondary N) is 2. The number of benzene rings is 3. The molecule has 30 heavy (non-hydrogen) atoms.